The van der Waals surface area contributed by atoms with Gasteiger partial charge >= 0.3 is 6.03 Å². The normalized spacial score (nSPS) is 14.3. The second-order valence-corrected chi connectivity index (χ2v) is 8.99. The van der Waals surface area contributed by atoms with Gasteiger partial charge in [-0.15, -0.1) is 0 Å². The third-order valence-corrected chi connectivity index (χ3v) is 5.69. The summed E-state index contributed by atoms with van der Waals surface area (Å²) in [5.41, 5.74) is 0.690. The van der Waals surface area contributed by atoms with E-state index in [4.69, 9.17) is 25.6 Å². The van der Waals surface area contributed by atoms with Crippen molar-refractivity contribution in [1.29, 1.82) is 0 Å². The maximum atomic E-state index is 12.0. The third-order valence-electron chi connectivity index (χ3n) is 4.56. The molecular formula is C22H23ClN4O4S. The zero-order valence-corrected chi connectivity index (χ0v) is 19.2. The Morgan fingerprint density at radius 1 is 1.41 bits per heavy atom. The largest absolute Gasteiger partial charge is 0.493 e. The van der Waals surface area contributed by atoms with E-state index in [9.17, 15) is 4.79 Å². The van der Waals surface area contributed by atoms with Gasteiger partial charge in [0.2, 0.25) is 5.88 Å². The summed E-state index contributed by atoms with van der Waals surface area (Å²) >= 11 is 7.70. The average Bonchev–Trinajstić information content (AvgIpc) is 3.33. The number of thiazole rings is 1. The molecule has 1 fully saturated rings. The molecule has 0 radical (unpaired) electrons. The van der Waals surface area contributed by atoms with Crippen molar-refractivity contribution in [2.75, 3.05) is 11.9 Å². The van der Waals surface area contributed by atoms with Gasteiger partial charge < -0.3 is 19.3 Å². The Hall–Kier alpha value is -3.04. The highest BCUT2D eigenvalue weighted by atomic mass is 35.5. The lowest BCUT2D eigenvalue weighted by atomic mass is 10.3. The van der Waals surface area contributed by atoms with Crippen LogP contribution in [0.4, 0.5) is 10.7 Å². The Balaban J connectivity index is 1.27. The maximum absolute atomic E-state index is 12.0. The summed E-state index contributed by atoms with van der Waals surface area (Å²) in [6.07, 6.45) is 7.88. The fourth-order valence-electron chi connectivity index (χ4n) is 2.71. The second kappa shape index (κ2) is 10.1. The summed E-state index contributed by atoms with van der Waals surface area (Å²) in [5, 5.41) is 10.0. The lowest BCUT2D eigenvalue weighted by Gasteiger charge is -2.09. The molecule has 1 aromatic carbocycles. The van der Waals surface area contributed by atoms with E-state index < -0.39 is 0 Å². The summed E-state index contributed by atoms with van der Waals surface area (Å²) in [5.74, 6) is 2.23. The number of urea groups is 1. The smallest absolute Gasteiger partial charge is 0.322 e. The predicted octanol–water partition coefficient (Wildman–Crippen LogP) is 5.90. The number of hydrogen-bond acceptors (Lipinski definition) is 7. The molecule has 0 unspecified atom stereocenters. The lowest BCUT2D eigenvalue weighted by molar-refractivity contribution is 0.250. The summed E-state index contributed by atoms with van der Waals surface area (Å²) in [7, 11) is 0. The monoisotopic (exact) mass is 474 g/mol. The van der Waals surface area contributed by atoms with Gasteiger partial charge in [-0.3, -0.25) is 5.32 Å². The highest BCUT2D eigenvalue weighted by Gasteiger charge is 2.22. The number of amides is 2. The number of anilines is 1. The van der Waals surface area contributed by atoms with Crippen LogP contribution in [0.3, 0.4) is 0 Å². The van der Waals surface area contributed by atoms with Crippen LogP contribution in [0.1, 0.15) is 30.3 Å². The van der Waals surface area contributed by atoms with Crippen LogP contribution < -0.4 is 20.1 Å². The molecule has 3 aromatic rings. The topological polar surface area (TPSA) is 98.5 Å². The molecule has 1 atom stereocenters. The summed E-state index contributed by atoms with van der Waals surface area (Å²) < 4.78 is 16.5. The molecule has 4 rings (SSSR count). The Labute approximate surface area is 194 Å². The number of carbonyl (C=O) groups excluding carboxylic acids is 1. The molecular weight excluding hydrogens is 452 g/mol. The zero-order chi connectivity index (χ0) is 22.5. The molecule has 32 heavy (non-hydrogen) atoms. The summed E-state index contributed by atoms with van der Waals surface area (Å²) in [6.45, 7) is 4.36. The van der Waals surface area contributed by atoms with Crippen LogP contribution in [0.15, 0.2) is 41.1 Å². The third kappa shape index (κ3) is 6.48. The molecule has 0 bridgehead atoms. The van der Waals surface area contributed by atoms with E-state index in [1.807, 2.05) is 25.1 Å². The van der Waals surface area contributed by atoms with Gasteiger partial charge in [-0.25, -0.2) is 9.78 Å². The molecule has 0 saturated heterocycles. The van der Waals surface area contributed by atoms with Gasteiger partial charge in [-0.05, 0) is 50.8 Å². The van der Waals surface area contributed by atoms with Crippen molar-refractivity contribution in [3.05, 3.63) is 52.1 Å². The molecule has 2 heterocycles. The van der Waals surface area contributed by atoms with Gasteiger partial charge in [0.25, 0.3) is 5.19 Å². The van der Waals surface area contributed by atoms with Crippen LogP contribution in [0.5, 0.6) is 16.7 Å². The molecule has 8 nitrogen and oxygen atoms in total. The van der Waals surface area contributed by atoms with Gasteiger partial charge in [-0.1, -0.05) is 34.2 Å². The standard InChI is InChI=1S/C22H23ClN4O4S/c1-13(25-21(28)26-20-9-14(2)27-31-20)3-7-17-11-24-22(32-17)30-19-8-6-16(10-18(19)23)29-12-15-4-5-15/h3,6-11,13,15H,4-5,12H2,1-2H3,(H2,25,26,28)/b7-3+/t13-/m0/s1. The van der Waals surface area contributed by atoms with E-state index in [-0.39, 0.29) is 12.1 Å². The number of aryl methyl sites for hydroxylation is 1. The number of benzene rings is 1. The molecule has 2 N–H and O–H groups in total. The minimum absolute atomic E-state index is 0.219. The number of halogens is 1. The van der Waals surface area contributed by atoms with Crippen molar-refractivity contribution in [1.82, 2.24) is 15.5 Å². The van der Waals surface area contributed by atoms with Crippen molar-refractivity contribution < 1.29 is 18.8 Å². The Bertz CT molecular complexity index is 1110. The first-order valence-corrected chi connectivity index (χ1v) is 11.4. The van der Waals surface area contributed by atoms with E-state index in [0.29, 0.717) is 33.5 Å². The van der Waals surface area contributed by atoms with Crippen LogP contribution in [-0.4, -0.2) is 28.8 Å². The fourth-order valence-corrected chi connectivity index (χ4v) is 3.61. The molecule has 1 aliphatic carbocycles. The maximum Gasteiger partial charge on any atom is 0.322 e. The van der Waals surface area contributed by atoms with Crippen molar-refractivity contribution in [2.45, 2.75) is 32.7 Å². The van der Waals surface area contributed by atoms with Crippen LogP contribution in [-0.2, 0) is 0 Å². The minimum Gasteiger partial charge on any atom is -0.493 e. The fraction of sp³-hybridized carbons (Fsp3) is 0.318. The number of ether oxygens (including phenoxy) is 2. The summed E-state index contributed by atoms with van der Waals surface area (Å²) in [6, 6.07) is 6.42. The SMILES string of the molecule is Cc1cc(NC(=O)N[C@@H](C)/C=C/c2cnc(Oc3ccc(OCC4CC4)cc3Cl)s2)on1. The predicted molar refractivity (Wildman–Crippen MR) is 124 cm³/mol. The number of carbonyl (C=O) groups is 1. The number of rotatable bonds is 9. The average molecular weight is 475 g/mol. The molecule has 1 aliphatic rings. The van der Waals surface area contributed by atoms with Crippen LogP contribution in [0, 0.1) is 12.8 Å². The highest BCUT2D eigenvalue weighted by Crippen LogP contribution is 2.35. The van der Waals surface area contributed by atoms with E-state index in [1.165, 1.54) is 24.2 Å². The molecule has 2 aromatic heterocycles. The number of nitrogens with zero attached hydrogens (tertiary/aromatic N) is 2. The number of aromatic nitrogens is 2. The number of hydrogen-bond donors (Lipinski definition) is 2. The molecule has 10 heteroatoms. The first kappa shape index (κ1) is 22.2. The molecule has 2 amide bonds. The number of nitrogens with one attached hydrogen (secondary N) is 2. The Morgan fingerprint density at radius 3 is 2.97 bits per heavy atom. The first-order valence-electron chi connectivity index (χ1n) is 10.2. The van der Waals surface area contributed by atoms with Crippen LogP contribution in [0.25, 0.3) is 6.08 Å². The Morgan fingerprint density at radius 2 is 2.25 bits per heavy atom. The van der Waals surface area contributed by atoms with Crippen molar-refractivity contribution in [3.63, 3.8) is 0 Å². The van der Waals surface area contributed by atoms with Gasteiger partial charge in [0.05, 0.1) is 22.2 Å². The van der Waals surface area contributed by atoms with E-state index in [0.717, 1.165) is 17.2 Å². The zero-order valence-electron chi connectivity index (χ0n) is 17.6. The van der Waals surface area contributed by atoms with E-state index in [1.54, 1.807) is 31.3 Å². The molecule has 0 aliphatic heterocycles. The van der Waals surface area contributed by atoms with Crippen molar-refractivity contribution in [3.8, 4) is 16.7 Å². The van der Waals surface area contributed by atoms with E-state index >= 15 is 0 Å². The summed E-state index contributed by atoms with van der Waals surface area (Å²) in [4.78, 5) is 17.1. The Kier molecular flexibility index (Phi) is 6.96. The van der Waals surface area contributed by atoms with Gasteiger partial charge in [0.15, 0.2) is 0 Å². The van der Waals surface area contributed by atoms with Crippen LogP contribution in [0.2, 0.25) is 5.02 Å². The highest BCUT2D eigenvalue weighted by molar-refractivity contribution is 7.14. The second-order valence-electron chi connectivity index (χ2n) is 7.56. The molecule has 1 saturated carbocycles. The first-order chi connectivity index (χ1) is 15.4. The molecule has 168 valence electrons. The van der Waals surface area contributed by atoms with Gasteiger partial charge in [-0.2, -0.15) is 0 Å². The van der Waals surface area contributed by atoms with Crippen molar-refractivity contribution in [2.24, 2.45) is 5.92 Å². The quantitative estimate of drug-likeness (QED) is 0.400. The lowest BCUT2D eigenvalue weighted by Crippen LogP contribution is -2.34. The van der Waals surface area contributed by atoms with Crippen molar-refractivity contribution >= 4 is 40.9 Å². The minimum atomic E-state index is -0.383. The van der Waals surface area contributed by atoms with E-state index in [2.05, 4.69) is 20.8 Å². The van der Waals surface area contributed by atoms with Gasteiger partial charge in [0, 0.05) is 24.4 Å². The molecule has 0 spiro atoms. The van der Waals surface area contributed by atoms with Gasteiger partial charge in [0.1, 0.15) is 11.5 Å². The van der Waals surface area contributed by atoms with Crippen LogP contribution >= 0.6 is 22.9 Å².